The maximum absolute atomic E-state index is 5.00. The van der Waals surface area contributed by atoms with Crippen molar-refractivity contribution < 1.29 is 4.74 Å². The lowest BCUT2D eigenvalue weighted by molar-refractivity contribution is 0.396. The van der Waals surface area contributed by atoms with Crippen LogP contribution in [0.5, 0.6) is 5.88 Å². The first kappa shape index (κ1) is 9.51. The van der Waals surface area contributed by atoms with E-state index < -0.39 is 0 Å². The molecule has 1 aromatic heterocycles. The molecule has 0 atom stereocenters. The Hall–Kier alpha value is -1.58. The fraction of sp³-hybridized carbons (Fsp3) is 0.333. The molecule has 0 saturated heterocycles. The standard InChI is InChI=1S/C9H13N3O/c1-4-5-10-8-6-9(13-3)12-7(2)11-8/h4,6H,1,5H2,2-3H3,(H,10,11,12). The van der Waals surface area contributed by atoms with Gasteiger partial charge in [0.1, 0.15) is 11.6 Å². The third-order valence-electron chi connectivity index (χ3n) is 1.45. The van der Waals surface area contributed by atoms with Gasteiger partial charge in [-0.1, -0.05) is 6.08 Å². The molecule has 0 aliphatic carbocycles. The lowest BCUT2D eigenvalue weighted by Crippen LogP contribution is -2.03. The summed E-state index contributed by atoms with van der Waals surface area (Å²) in [5, 5.41) is 3.06. The summed E-state index contributed by atoms with van der Waals surface area (Å²) >= 11 is 0. The Kier molecular flexibility index (Phi) is 3.25. The molecule has 13 heavy (non-hydrogen) atoms. The number of aryl methyl sites for hydroxylation is 1. The van der Waals surface area contributed by atoms with Crippen molar-refractivity contribution in [1.29, 1.82) is 0 Å². The molecule has 1 aromatic rings. The Morgan fingerprint density at radius 2 is 2.38 bits per heavy atom. The summed E-state index contributed by atoms with van der Waals surface area (Å²) in [6.45, 7) is 6.10. The number of ether oxygens (including phenoxy) is 1. The fourth-order valence-electron chi connectivity index (χ4n) is 0.912. The number of aromatic nitrogens is 2. The fourth-order valence-corrected chi connectivity index (χ4v) is 0.912. The minimum atomic E-state index is 0.569. The van der Waals surface area contributed by atoms with Gasteiger partial charge in [-0.15, -0.1) is 6.58 Å². The number of hydrogen-bond acceptors (Lipinski definition) is 4. The molecular weight excluding hydrogens is 166 g/mol. The zero-order chi connectivity index (χ0) is 9.68. The zero-order valence-electron chi connectivity index (χ0n) is 7.87. The molecule has 0 saturated carbocycles. The summed E-state index contributed by atoms with van der Waals surface area (Å²) in [7, 11) is 1.58. The van der Waals surface area contributed by atoms with E-state index in [9.17, 15) is 0 Å². The monoisotopic (exact) mass is 179 g/mol. The molecule has 0 bridgehead atoms. The summed E-state index contributed by atoms with van der Waals surface area (Å²) in [5.41, 5.74) is 0. The van der Waals surface area contributed by atoms with Crippen molar-refractivity contribution in [2.24, 2.45) is 0 Å². The van der Waals surface area contributed by atoms with Crippen molar-refractivity contribution in [3.8, 4) is 5.88 Å². The lowest BCUT2D eigenvalue weighted by Gasteiger charge is -2.05. The Balaban J connectivity index is 2.81. The maximum atomic E-state index is 5.00. The van der Waals surface area contributed by atoms with Gasteiger partial charge in [-0.25, -0.2) is 4.98 Å². The van der Waals surface area contributed by atoms with Crippen molar-refractivity contribution in [3.63, 3.8) is 0 Å². The van der Waals surface area contributed by atoms with Crippen molar-refractivity contribution >= 4 is 5.82 Å². The Labute approximate surface area is 77.7 Å². The SMILES string of the molecule is C=CCNc1cc(OC)nc(C)n1. The van der Waals surface area contributed by atoms with Gasteiger partial charge in [-0.3, -0.25) is 0 Å². The van der Waals surface area contributed by atoms with Crippen LogP contribution < -0.4 is 10.1 Å². The first-order valence-electron chi connectivity index (χ1n) is 4.00. The van der Waals surface area contributed by atoms with Gasteiger partial charge in [0.25, 0.3) is 0 Å². The van der Waals surface area contributed by atoms with Gasteiger partial charge in [0, 0.05) is 12.6 Å². The number of rotatable bonds is 4. The lowest BCUT2D eigenvalue weighted by atomic mass is 10.5. The van der Waals surface area contributed by atoms with Gasteiger partial charge in [-0.2, -0.15) is 4.98 Å². The van der Waals surface area contributed by atoms with Gasteiger partial charge >= 0.3 is 0 Å². The molecule has 0 radical (unpaired) electrons. The van der Waals surface area contributed by atoms with Gasteiger partial charge in [0.15, 0.2) is 0 Å². The van der Waals surface area contributed by atoms with Crippen LogP contribution in [-0.2, 0) is 0 Å². The highest BCUT2D eigenvalue weighted by molar-refractivity contribution is 5.38. The van der Waals surface area contributed by atoms with E-state index >= 15 is 0 Å². The summed E-state index contributed by atoms with van der Waals surface area (Å²) in [4.78, 5) is 8.23. The molecule has 1 rings (SSSR count). The van der Waals surface area contributed by atoms with Crippen LogP contribution >= 0.6 is 0 Å². The molecule has 1 N–H and O–H groups in total. The quantitative estimate of drug-likeness (QED) is 0.709. The van der Waals surface area contributed by atoms with Crippen molar-refractivity contribution in [2.45, 2.75) is 6.92 Å². The Bertz CT molecular complexity index is 299. The number of nitrogens with one attached hydrogen (secondary N) is 1. The van der Waals surface area contributed by atoms with Crippen LogP contribution in [0.15, 0.2) is 18.7 Å². The van der Waals surface area contributed by atoms with E-state index in [-0.39, 0.29) is 0 Å². The molecule has 4 heteroatoms. The van der Waals surface area contributed by atoms with Crippen LogP contribution in [0.2, 0.25) is 0 Å². The molecular formula is C9H13N3O. The van der Waals surface area contributed by atoms with E-state index in [2.05, 4.69) is 21.9 Å². The minimum Gasteiger partial charge on any atom is -0.481 e. The summed E-state index contributed by atoms with van der Waals surface area (Å²) in [5.74, 6) is 2.01. The number of methoxy groups -OCH3 is 1. The first-order valence-corrected chi connectivity index (χ1v) is 4.00. The molecule has 0 spiro atoms. The third-order valence-corrected chi connectivity index (χ3v) is 1.45. The summed E-state index contributed by atoms with van der Waals surface area (Å²) in [6.07, 6.45) is 1.77. The minimum absolute atomic E-state index is 0.569. The third kappa shape index (κ3) is 2.74. The Morgan fingerprint density at radius 3 is 3.00 bits per heavy atom. The molecule has 0 aliphatic heterocycles. The highest BCUT2D eigenvalue weighted by atomic mass is 16.5. The molecule has 1 heterocycles. The second-order valence-electron chi connectivity index (χ2n) is 2.51. The van der Waals surface area contributed by atoms with E-state index in [1.165, 1.54) is 0 Å². The van der Waals surface area contributed by atoms with E-state index in [4.69, 9.17) is 4.74 Å². The maximum Gasteiger partial charge on any atom is 0.218 e. The van der Waals surface area contributed by atoms with Crippen molar-refractivity contribution in [1.82, 2.24) is 9.97 Å². The van der Waals surface area contributed by atoms with Gasteiger partial charge < -0.3 is 10.1 Å². The van der Waals surface area contributed by atoms with Crippen LogP contribution in [0.3, 0.4) is 0 Å². The average molecular weight is 179 g/mol. The molecule has 0 unspecified atom stereocenters. The smallest absolute Gasteiger partial charge is 0.218 e. The predicted molar refractivity (Wildman–Crippen MR) is 52.0 cm³/mol. The molecule has 4 nitrogen and oxygen atoms in total. The van der Waals surface area contributed by atoms with E-state index in [1.54, 1.807) is 19.3 Å². The van der Waals surface area contributed by atoms with Crippen LogP contribution in [0.4, 0.5) is 5.82 Å². The summed E-state index contributed by atoms with van der Waals surface area (Å²) < 4.78 is 5.00. The number of nitrogens with zero attached hydrogens (tertiary/aromatic N) is 2. The summed E-state index contributed by atoms with van der Waals surface area (Å²) in [6, 6.07) is 1.75. The highest BCUT2D eigenvalue weighted by Crippen LogP contribution is 2.11. The predicted octanol–water partition coefficient (Wildman–Crippen LogP) is 1.39. The number of hydrogen-bond donors (Lipinski definition) is 1. The topological polar surface area (TPSA) is 47.0 Å². The molecule has 70 valence electrons. The highest BCUT2D eigenvalue weighted by Gasteiger charge is 1.99. The first-order chi connectivity index (χ1) is 6.26. The molecule has 0 fully saturated rings. The molecule has 0 amide bonds. The zero-order valence-corrected chi connectivity index (χ0v) is 7.87. The van der Waals surface area contributed by atoms with E-state index in [0.717, 1.165) is 5.82 Å². The van der Waals surface area contributed by atoms with E-state index in [0.29, 0.717) is 18.2 Å². The number of anilines is 1. The second-order valence-corrected chi connectivity index (χ2v) is 2.51. The normalized spacial score (nSPS) is 9.38. The largest absolute Gasteiger partial charge is 0.481 e. The van der Waals surface area contributed by atoms with Crippen molar-refractivity contribution in [3.05, 3.63) is 24.5 Å². The van der Waals surface area contributed by atoms with Crippen LogP contribution in [0, 0.1) is 6.92 Å². The van der Waals surface area contributed by atoms with Crippen LogP contribution in [-0.4, -0.2) is 23.6 Å². The van der Waals surface area contributed by atoms with Gasteiger partial charge in [-0.05, 0) is 6.92 Å². The van der Waals surface area contributed by atoms with Crippen molar-refractivity contribution in [2.75, 3.05) is 19.0 Å². The van der Waals surface area contributed by atoms with Crippen LogP contribution in [0.25, 0.3) is 0 Å². The Morgan fingerprint density at radius 1 is 1.62 bits per heavy atom. The molecule has 0 aromatic carbocycles. The molecule has 0 aliphatic rings. The van der Waals surface area contributed by atoms with Gasteiger partial charge in [0.2, 0.25) is 5.88 Å². The van der Waals surface area contributed by atoms with Crippen LogP contribution in [0.1, 0.15) is 5.82 Å². The average Bonchev–Trinajstić information content (AvgIpc) is 2.14. The second kappa shape index (κ2) is 4.45. The van der Waals surface area contributed by atoms with E-state index in [1.807, 2.05) is 6.92 Å². The van der Waals surface area contributed by atoms with Gasteiger partial charge in [0.05, 0.1) is 7.11 Å².